The van der Waals surface area contributed by atoms with Crippen LogP contribution in [-0.4, -0.2) is 17.8 Å². The van der Waals surface area contributed by atoms with Crippen LogP contribution in [0.4, 0.5) is 5.69 Å². The van der Waals surface area contributed by atoms with Gasteiger partial charge in [-0.25, -0.2) is 0 Å². The summed E-state index contributed by atoms with van der Waals surface area (Å²) in [5.74, 6) is 0.565. The Bertz CT molecular complexity index is 333. The van der Waals surface area contributed by atoms with Gasteiger partial charge in [0.25, 0.3) is 0 Å². The molecule has 0 aromatic heterocycles. The van der Waals surface area contributed by atoms with Gasteiger partial charge in [-0.1, -0.05) is 26.0 Å². The van der Waals surface area contributed by atoms with E-state index in [1.54, 1.807) is 0 Å². The second-order valence-electron chi connectivity index (χ2n) is 4.30. The maximum absolute atomic E-state index is 9.05. The Morgan fingerprint density at radius 3 is 2.93 bits per heavy atom. The van der Waals surface area contributed by atoms with Crippen LogP contribution < -0.4 is 5.32 Å². The Balaban J connectivity index is 2.26. The third-order valence-electron chi connectivity index (χ3n) is 2.85. The Hall–Kier alpha value is -1.02. The molecule has 0 unspecified atom stereocenters. The normalized spacial score (nSPS) is 19.6. The lowest BCUT2D eigenvalue weighted by Gasteiger charge is -2.08. The summed E-state index contributed by atoms with van der Waals surface area (Å²) in [5.41, 5.74) is 3.89. The van der Waals surface area contributed by atoms with Crippen LogP contribution in [0.1, 0.15) is 30.9 Å². The number of aliphatic hydroxyl groups is 1. The summed E-state index contributed by atoms with van der Waals surface area (Å²) in [6.45, 7) is 4.60. The van der Waals surface area contributed by atoms with E-state index in [4.69, 9.17) is 5.11 Å². The molecule has 1 aromatic carbocycles. The molecule has 2 N–H and O–H groups in total. The molecule has 2 heteroatoms. The van der Waals surface area contributed by atoms with Gasteiger partial charge in [-0.05, 0) is 29.5 Å². The van der Waals surface area contributed by atoms with Crippen molar-refractivity contribution in [2.45, 2.75) is 32.2 Å². The SMILES string of the molecule is CC(C)c1ccc2c(c1)N[C@H](CO)C2. The van der Waals surface area contributed by atoms with Crippen LogP contribution in [0.5, 0.6) is 0 Å². The van der Waals surface area contributed by atoms with E-state index in [-0.39, 0.29) is 12.6 Å². The zero-order chi connectivity index (χ0) is 10.1. The molecule has 0 radical (unpaired) electrons. The molecule has 0 fully saturated rings. The predicted octanol–water partition coefficient (Wildman–Crippen LogP) is 2.14. The summed E-state index contributed by atoms with van der Waals surface area (Å²) in [6, 6.07) is 6.78. The standard InChI is InChI=1S/C12H17NO/c1-8(2)9-3-4-10-5-11(7-14)13-12(10)6-9/h3-4,6,8,11,13-14H,5,7H2,1-2H3/t11-/m0/s1. The molecule has 0 saturated carbocycles. The van der Waals surface area contributed by atoms with Gasteiger partial charge in [0.2, 0.25) is 0 Å². The molecule has 0 spiro atoms. The van der Waals surface area contributed by atoms with Crippen LogP contribution in [0.25, 0.3) is 0 Å². The topological polar surface area (TPSA) is 32.3 Å². The van der Waals surface area contributed by atoms with E-state index < -0.39 is 0 Å². The van der Waals surface area contributed by atoms with Gasteiger partial charge in [-0.3, -0.25) is 0 Å². The first-order chi connectivity index (χ1) is 6.70. The number of hydrogen-bond acceptors (Lipinski definition) is 2. The smallest absolute Gasteiger partial charge is 0.0636 e. The van der Waals surface area contributed by atoms with E-state index >= 15 is 0 Å². The summed E-state index contributed by atoms with van der Waals surface area (Å²) >= 11 is 0. The average Bonchev–Trinajstić information content (AvgIpc) is 2.58. The van der Waals surface area contributed by atoms with Gasteiger partial charge in [-0.15, -0.1) is 0 Å². The van der Waals surface area contributed by atoms with Crippen molar-refractivity contribution in [1.82, 2.24) is 0 Å². The van der Waals surface area contributed by atoms with Gasteiger partial charge in [0, 0.05) is 5.69 Å². The Kier molecular flexibility index (Phi) is 2.46. The molecule has 76 valence electrons. The monoisotopic (exact) mass is 191 g/mol. The van der Waals surface area contributed by atoms with E-state index in [1.165, 1.54) is 16.8 Å². The van der Waals surface area contributed by atoms with Crippen molar-refractivity contribution in [2.75, 3.05) is 11.9 Å². The van der Waals surface area contributed by atoms with Crippen molar-refractivity contribution in [3.8, 4) is 0 Å². The molecule has 1 aliphatic heterocycles. The lowest BCUT2D eigenvalue weighted by molar-refractivity contribution is 0.277. The van der Waals surface area contributed by atoms with Crippen molar-refractivity contribution in [3.63, 3.8) is 0 Å². The average molecular weight is 191 g/mol. The van der Waals surface area contributed by atoms with Crippen molar-refractivity contribution in [1.29, 1.82) is 0 Å². The Morgan fingerprint density at radius 2 is 2.29 bits per heavy atom. The highest BCUT2D eigenvalue weighted by molar-refractivity contribution is 5.58. The fourth-order valence-corrected chi connectivity index (χ4v) is 1.91. The van der Waals surface area contributed by atoms with Crippen LogP contribution in [0.15, 0.2) is 18.2 Å². The van der Waals surface area contributed by atoms with Gasteiger partial charge in [-0.2, -0.15) is 0 Å². The first-order valence-corrected chi connectivity index (χ1v) is 5.21. The number of hydrogen-bond donors (Lipinski definition) is 2. The van der Waals surface area contributed by atoms with Gasteiger partial charge in [0.1, 0.15) is 0 Å². The first kappa shape index (κ1) is 9.53. The van der Waals surface area contributed by atoms with Crippen molar-refractivity contribution < 1.29 is 5.11 Å². The molecule has 0 bridgehead atoms. The van der Waals surface area contributed by atoms with Crippen molar-refractivity contribution in [2.24, 2.45) is 0 Å². The minimum atomic E-state index is 0.214. The van der Waals surface area contributed by atoms with Crippen LogP contribution >= 0.6 is 0 Å². The van der Waals surface area contributed by atoms with Gasteiger partial charge < -0.3 is 10.4 Å². The summed E-state index contributed by atoms with van der Waals surface area (Å²) in [4.78, 5) is 0. The Morgan fingerprint density at radius 1 is 1.50 bits per heavy atom. The zero-order valence-corrected chi connectivity index (χ0v) is 8.75. The number of nitrogens with one attached hydrogen (secondary N) is 1. The number of anilines is 1. The molecule has 0 saturated heterocycles. The van der Waals surface area contributed by atoms with Crippen LogP contribution in [-0.2, 0) is 6.42 Å². The maximum Gasteiger partial charge on any atom is 0.0636 e. The van der Waals surface area contributed by atoms with Crippen molar-refractivity contribution in [3.05, 3.63) is 29.3 Å². The molecule has 1 aliphatic rings. The van der Waals surface area contributed by atoms with E-state index in [9.17, 15) is 0 Å². The van der Waals surface area contributed by atoms with Crippen LogP contribution in [0.2, 0.25) is 0 Å². The molecule has 1 heterocycles. The highest BCUT2D eigenvalue weighted by Gasteiger charge is 2.19. The third kappa shape index (κ3) is 1.62. The highest BCUT2D eigenvalue weighted by atomic mass is 16.3. The number of fused-ring (bicyclic) bond motifs is 1. The largest absolute Gasteiger partial charge is 0.394 e. The van der Waals surface area contributed by atoms with Crippen LogP contribution in [0.3, 0.4) is 0 Å². The molecule has 2 rings (SSSR count). The van der Waals surface area contributed by atoms with E-state index in [1.807, 2.05) is 0 Å². The molecule has 14 heavy (non-hydrogen) atoms. The molecule has 0 aliphatic carbocycles. The molecule has 0 amide bonds. The minimum absolute atomic E-state index is 0.214. The summed E-state index contributed by atoms with van der Waals surface area (Å²) in [5, 5.41) is 12.4. The number of aliphatic hydroxyl groups excluding tert-OH is 1. The zero-order valence-electron chi connectivity index (χ0n) is 8.75. The minimum Gasteiger partial charge on any atom is -0.394 e. The lowest BCUT2D eigenvalue weighted by atomic mass is 10.0. The van der Waals surface area contributed by atoms with E-state index in [0.29, 0.717) is 5.92 Å². The predicted molar refractivity (Wildman–Crippen MR) is 58.7 cm³/mol. The number of benzene rings is 1. The molecule has 1 atom stereocenters. The molecule has 2 nitrogen and oxygen atoms in total. The van der Waals surface area contributed by atoms with Crippen molar-refractivity contribution >= 4 is 5.69 Å². The van der Waals surface area contributed by atoms with E-state index in [2.05, 4.69) is 37.4 Å². The fourth-order valence-electron chi connectivity index (χ4n) is 1.91. The second-order valence-corrected chi connectivity index (χ2v) is 4.30. The van der Waals surface area contributed by atoms with Crippen LogP contribution in [0, 0.1) is 0 Å². The summed E-state index contributed by atoms with van der Waals surface area (Å²) in [6.07, 6.45) is 0.949. The second kappa shape index (κ2) is 3.62. The maximum atomic E-state index is 9.05. The summed E-state index contributed by atoms with van der Waals surface area (Å²) in [7, 11) is 0. The Labute approximate surface area is 85.0 Å². The van der Waals surface area contributed by atoms with Gasteiger partial charge >= 0.3 is 0 Å². The third-order valence-corrected chi connectivity index (χ3v) is 2.85. The lowest BCUT2D eigenvalue weighted by Crippen LogP contribution is -2.19. The highest BCUT2D eigenvalue weighted by Crippen LogP contribution is 2.29. The number of rotatable bonds is 2. The first-order valence-electron chi connectivity index (χ1n) is 5.21. The quantitative estimate of drug-likeness (QED) is 0.750. The van der Waals surface area contributed by atoms with Gasteiger partial charge in [0.15, 0.2) is 0 Å². The van der Waals surface area contributed by atoms with E-state index in [0.717, 1.165) is 6.42 Å². The summed E-state index contributed by atoms with van der Waals surface area (Å²) < 4.78 is 0. The molecular formula is C12H17NO. The van der Waals surface area contributed by atoms with Gasteiger partial charge in [0.05, 0.1) is 12.6 Å². The molecular weight excluding hydrogens is 174 g/mol. The fraction of sp³-hybridized carbons (Fsp3) is 0.500. The molecule has 1 aromatic rings.